The largest absolute Gasteiger partial charge is 0.497 e. The number of amides is 1. The monoisotopic (exact) mass is 352 g/mol. The van der Waals surface area contributed by atoms with E-state index in [0.29, 0.717) is 17.4 Å². The highest BCUT2D eigenvalue weighted by Crippen LogP contribution is 2.41. The van der Waals surface area contributed by atoms with Gasteiger partial charge in [0, 0.05) is 18.0 Å². The first-order chi connectivity index (χ1) is 12.6. The van der Waals surface area contributed by atoms with Crippen molar-refractivity contribution in [3.8, 4) is 17.2 Å². The number of piperidine rings is 3. The number of methoxy groups -OCH3 is 1. The van der Waals surface area contributed by atoms with Crippen LogP contribution in [0.2, 0.25) is 0 Å². The van der Waals surface area contributed by atoms with Crippen LogP contribution in [-0.4, -0.2) is 37.6 Å². The summed E-state index contributed by atoms with van der Waals surface area (Å²) in [5.41, 5.74) is 7.29. The summed E-state index contributed by atoms with van der Waals surface area (Å²) < 4.78 is 11.2. The standard InChI is InChI=1S/C21H24N2O3/c1-25-15-2-4-16(5-3-15)26-17-6-7-18(21(22)24)19(12-17)20-13-23-10-8-14(20)9-11-23/h2-7,12,14,20H,8-11,13H2,1H3,(H2,22,24). The van der Waals surface area contributed by atoms with Crippen molar-refractivity contribution in [2.75, 3.05) is 26.7 Å². The number of carbonyl (C=O) groups is 1. The van der Waals surface area contributed by atoms with E-state index in [1.165, 1.54) is 12.8 Å². The first-order valence-electron chi connectivity index (χ1n) is 9.12. The van der Waals surface area contributed by atoms with E-state index in [4.69, 9.17) is 15.2 Å². The third-order valence-electron chi connectivity index (χ3n) is 5.64. The molecule has 5 rings (SSSR count). The van der Waals surface area contributed by atoms with E-state index >= 15 is 0 Å². The molecule has 3 heterocycles. The highest BCUT2D eigenvalue weighted by atomic mass is 16.5. The van der Waals surface area contributed by atoms with Gasteiger partial charge in [-0.25, -0.2) is 0 Å². The van der Waals surface area contributed by atoms with Crippen LogP contribution in [0.25, 0.3) is 0 Å². The maximum atomic E-state index is 12.0. The van der Waals surface area contributed by atoms with Crippen molar-refractivity contribution in [1.29, 1.82) is 0 Å². The van der Waals surface area contributed by atoms with E-state index in [1.54, 1.807) is 13.2 Å². The SMILES string of the molecule is COc1ccc(Oc2ccc(C(N)=O)c(C3CN4CCC3CC4)c2)cc1. The number of benzene rings is 2. The lowest BCUT2D eigenvalue weighted by atomic mass is 9.74. The summed E-state index contributed by atoms with van der Waals surface area (Å²) in [4.78, 5) is 14.4. The van der Waals surface area contributed by atoms with Gasteiger partial charge in [-0.1, -0.05) is 0 Å². The summed E-state index contributed by atoms with van der Waals surface area (Å²) >= 11 is 0. The van der Waals surface area contributed by atoms with Gasteiger partial charge in [0.2, 0.25) is 5.91 Å². The number of carbonyl (C=O) groups excluding carboxylic acids is 1. The van der Waals surface area contributed by atoms with Gasteiger partial charge in [0.05, 0.1) is 7.11 Å². The van der Waals surface area contributed by atoms with Crippen molar-refractivity contribution in [3.05, 3.63) is 53.6 Å². The van der Waals surface area contributed by atoms with Crippen LogP contribution in [0.15, 0.2) is 42.5 Å². The Morgan fingerprint density at radius 2 is 1.69 bits per heavy atom. The molecule has 5 nitrogen and oxygen atoms in total. The van der Waals surface area contributed by atoms with E-state index in [9.17, 15) is 4.79 Å². The number of fused-ring (bicyclic) bond motifs is 3. The second kappa shape index (κ2) is 7.00. The lowest BCUT2D eigenvalue weighted by Crippen LogP contribution is -2.46. The zero-order chi connectivity index (χ0) is 18.1. The Labute approximate surface area is 153 Å². The molecule has 3 saturated heterocycles. The van der Waals surface area contributed by atoms with Gasteiger partial charge in [0.15, 0.2) is 0 Å². The van der Waals surface area contributed by atoms with Crippen LogP contribution in [0, 0.1) is 5.92 Å². The van der Waals surface area contributed by atoms with Crippen LogP contribution in [0.5, 0.6) is 17.2 Å². The quantitative estimate of drug-likeness (QED) is 0.896. The summed E-state index contributed by atoms with van der Waals surface area (Å²) in [6, 6.07) is 13.1. The van der Waals surface area contributed by atoms with Crippen LogP contribution in [-0.2, 0) is 0 Å². The lowest BCUT2D eigenvalue weighted by Gasteiger charge is -2.45. The first kappa shape index (κ1) is 16.9. The van der Waals surface area contributed by atoms with Gasteiger partial charge in [0.25, 0.3) is 0 Å². The van der Waals surface area contributed by atoms with Gasteiger partial charge in [-0.2, -0.15) is 0 Å². The van der Waals surface area contributed by atoms with E-state index in [2.05, 4.69) is 4.90 Å². The lowest BCUT2D eigenvalue weighted by molar-refractivity contribution is 0.0855. The minimum atomic E-state index is -0.368. The molecule has 136 valence electrons. The molecule has 0 aromatic heterocycles. The average molecular weight is 352 g/mol. The van der Waals surface area contributed by atoms with E-state index in [-0.39, 0.29) is 5.91 Å². The Morgan fingerprint density at radius 1 is 1.04 bits per heavy atom. The van der Waals surface area contributed by atoms with Gasteiger partial charge in [0.1, 0.15) is 17.2 Å². The molecule has 0 radical (unpaired) electrons. The Kier molecular flexibility index (Phi) is 4.55. The summed E-state index contributed by atoms with van der Waals surface area (Å²) in [5.74, 6) is 2.85. The second-order valence-electron chi connectivity index (χ2n) is 7.14. The molecule has 1 unspecified atom stereocenters. The Balaban J connectivity index is 1.63. The molecule has 2 N–H and O–H groups in total. The molecule has 0 saturated carbocycles. The van der Waals surface area contributed by atoms with Crippen molar-refractivity contribution in [3.63, 3.8) is 0 Å². The Morgan fingerprint density at radius 3 is 2.27 bits per heavy atom. The van der Waals surface area contributed by atoms with Crippen LogP contribution in [0.3, 0.4) is 0 Å². The van der Waals surface area contributed by atoms with Gasteiger partial charge in [-0.3, -0.25) is 4.79 Å². The number of hydrogen-bond donors (Lipinski definition) is 1. The molecule has 3 fully saturated rings. The van der Waals surface area contributed by atoms with Crippen LogP contribution >= 0.6 is 0 Å². The molecular weight excluding hydrogens is 328 g/mol. The third-order valence-corrected chi connectivity index (χ3v) is 5.64. The van der Waals surface area contributed by atoms with Gasteiger partial charge in [-0.05, 0) is 79.9 Å². The van der Waals surface area contributed by atoms with Crippen molar-refractivity contribution in [2.45, 2.75) is 18.8 Å². The van der Waals surface area contributed by atoms with Crippen molar-refractivity contribution < 1.29 is 14.3 Å². The van der Waals surface area contributed by atoms with E-state index < -0.39 is 0 Å². The fourth-order valence-corrected chi connectivity index (χ4v) is 4.23. The van der Waals surface area contributed by atoms with Crippen LogP contribution in [0.4, 0.5) is 0 Å². The number of nitrogens with two attached hydrogens (primary N) is 1. The second-order valence-corrected chi connectivity index (χ2v) is 7.14. The molecule has 0 aliphatic carbocycles. The summed E-state index contributed by atoms with van der Waals surface area (Å²) in [6.07, 6.45) is 2.37. The zero-order valence-electron chi connectivity index (χ0n) is 15.0. The van der Waals surface area contributed by atoms with Crippen molar-refractivity contribution >= 4 is 5.91 Å². The van der Waals surface area contributed by atoms with Crippen LogP contribution < -0.4 is 15.2 Å². The molecule has 0 spiro atoms. The molecule has 3 aliphatic heterocycles. The fourth-order valence-electron chi connectivity index (χ4n) is 4.23. The minimum absolute atomic E-state index is 0.347. The Hall–Kier alpha value is -2.53. The molecule has 1 amide bonds. The number of rotatable bonds is 5. The molecule has 2 aromatic carbocycles. The topological polar surface area (TPSA) is 64.8 Å². The highest BCUT2D eigenvalue weighted by molar-refractivity contribution is 5.94. The van der Waals surface area contributed by atoms with Crippen molar-refractivity contribution in [1.82, 2.24) is 4.90 Å². The van der Waals surface area contributed by atoms with Crippen molar-refractivity contribution in [2.24, 2.45) is 11.7 Å². The predicted molar refractivity (Wildman–Crippen MR) is 99.9 cm³/mol. The first-order valence-corrected chi connectivity index (χ1v) is 9.12. The summed E-state index contributed by atoms with van der Waals surface area (Å²) in [5, 5.41) is 0. The maximum Gasteiger partial charge on any atom is 0.248 e. The molecular formula is C21H24N2O3. The molecule has 26 heavy (non-hydrogen) atoms. The number of primary amides is 1. The zero-order valence-corrected chi connectivity index (χ0v) is 15.0. The number of ether oxygens (including phenoxy) is 2. The fraction of sp³-hybridized carbons (Fsp3) is 0.381. The van der Waals surface area contributed by atoms with E-state index in [1.807, 2.05) is 36.4 Å². The van der Waals surface area contributed by atoms with E-state index in [0.717, 1.165) is 42.4 Å². The molecule has 2 bridgehead atoms. The molecule has 2 aromatic rings. The summed E-state index contributed by atoms with van der Waals surface area (Å²) in [6.45, 7) is 3.32. The Bertz CT molecular complexity index is 795. The maximum absolute atomic E-state index is 12.0. The number of nitrogens with zero attached hydrogens (tertiary/aromatic N) is 1. The molecule has 3 aliphatic rings. The predicted octanol–water partition coefficient (Wildman–Crippen LogP) is 3.40. The van der Waals surface area contributed by atoms with Crippen LogP contribution in [0.1, 0.15) is 34.7 Å². The normalized spacial score (nSPS) is 24.3. The van der Waals surface area contributed by atoms with Gasteiger partial charge in [-0.15, -0.1) is 0 Å². The van der Waals surface area contributed by atoms with Gasteiger partial charge < -0.3 is 20.1 Å². The summed E-state index contributed by atoms with van der Waals surface area (Å²) in [7, 11) is 1.64. The average Bonchev–Trinajstić information content (AvgIpc) is 2.69. The van der Waals surface area contributed by atoms with Gasteiger partial charge >= 0.3 is 0 Å². The highest BCUT2D eigenvalue weighted by Gasteiger charge is 2.36. The molecule has 1 atom stereocenters. The minimum Gasteiger partial charge on any atom is -0.497 e. The number of hydrogen-bond acceptors (Lipinski definition) is 4. The third kappa shape index (κ3) is 3.27. The molecule has 5 heteroatoms. The smallest absolute Gasteiger partial charge is 0.248 e.